The molecule has 0 unspecified atom stereocenters. The Labute approximate surface area is 162 Å². The van der Waals surface area contributed by atoms with Crippen LogP contribution in [0.15, 0.2) is 47.9 Å². The number of benzene rings is 2. The third-order valence-corrected chi connectivity index (χ3v) is 5.02. The van der Waals surface area contributed by atoms with Crippen LogP contribution in [0.5, 0.6) is 0 Å². The van der Waals surface area contributed by atoms with E-state index in [2.05, 4.69) is 18.5 Å². The van der Waals surface area contributed by atoms with Crippen molar-refractivity contribution in [1.82, 2.24) is 5.32 Å². The van der Waals surface area contributed by atoms with E-state index >= 15 is 0 Å². The number of carbonyl (C=O) groups is 2. The van der Waals surface area contributed by atoms with E-state index < -0.39 is 11.6 Å². The molecule has 3 aromatic rings. The Morgan fingerprint density at radius 1 is 1.00 bits per heavy atom. The lowest BCUT2D eigenvalue weighted by molar-refractivity contribution is 0.0815. The second-order valence-electron chi connectivity index (χ2n) is 6.54. The predicted octanol–water partition coefficient (Wildman–Crippen LogP) is 3.85. The number of hydrogen-bond donors (Lipinski definition) is 2. The standard InChI is InChI=1S/C23H19NO4/c1-3-13-6-5-7-16-15(13)8-9-17-19(16)21(26)22(27)20-14(4-2)18(28-23(17)20)12-24-10-11-25/h3-9,24-25H,1-2,10-12H2. The van der Waals surface area contributed by atoms with Crippen molar-refractivity contribution in [2.75, 3.05) is 13.2 Å². The molecule has 2 N–H and O–H groups in total. The molecular formula is C23H19NO4. The number of carbonyl (C=O) groups excluding carboxylic acids is 2. The van der Waals surface area contributed by atoms with Crippen molar-refractivity contribution in [1.29, 1.82) is 0 Å². The van der Waals surface area contributed by atoms with Crippen LogP contribution in [0.1, 0.15) is 37.6 Å². The Balaban J connectivity index is 1.98. The first kappa shape index (κ1) is 18.1. The summed E-state index contributed by atoms with van der Waals surface area (Å²) in [4.78, 5) is 26.0. The maximum absolute atomic E-state index is 13.0. The number of furan rings is 1. The predicted molar refractivity (Wildman–Crippen MR) is 109 cm³/mol. The molecule has 0 spiro atoms. The monoisotopic (exact) mass is 373 g/mol. The Bertz CT molecular complexity index is 1150. The number of rotatable bonds is 6. The Morgan fingerprint density at radius 3 is 2.50 bits per heavy atom. The molecule has 1 aliphatic carbocycles. The summed E-state index contributed by atoms with van der Waals surface area (Å²) < 4.78 is 6.02. The number of nitrogens with one attached hydrogen (secondary N) is 1. The van der Waals surface area contributed by atoms with Crippen LogP contribution in [-0.4, -0.2) is 29.8 Å². The molecule has 0 amide bonds. The van der Waals surface area contributed by atoms with Crippen molar-refractivity contribution in [3.8, 4) is 11.3 Å². The number of fused-ring (bicyclic) bond motifs is 5. The van der Waals surface area contributed by atoms with E-state index in [-0.39, 0.29) is 12.2 Å². The van der Waals surface area contributed by atoms with E-state index in [0.29, 0.717) is 46.7 Å². The molecule has 28 heavy (non-hydrogen) atoms. The molecule has 0 radical (unpaired) electrons. The van der Waals surface area contributed by atoms with Crippen LogP contribution < -0.4 is 5.32 Å². The largest absolute Gasteiger partial charge is 0.458 e. The zero-order valence-corrected chi connectivity index (χ0v) is 15.2. The lowest BCUT2D eigenvalue weighted by atomic mass is 9.83. The molecule has 1 heterocycles. The van der Waals surface area contributed by atoms with Gasteiger partial charge in [-0.2, -0.15) is 0 Å². The quantitative estimate of drug-likeness (QED) is 0.507. The van der Waals surface area contributed by atoms with Gasteiger partial charge in [-0.05, 0) is 22.4 Å². The van der Waals surface area contributed by atoms with Crippen molar-refractivity contribution in [3.63, 3.8) is 0 Å². The molecule has 0 fully saturated rings. The van der Waals surface area contributed by atoms with Gasteiger partial charge in [0.25, 0.3) is 0 Å². The highest BCUT2D eigenvalue weighted by Gasteiger charge is 2.37. The van der Waals surface area contributed by atoms with Crippen LogP contribution in [0.2, 0.25) is 0 Å². The van der Waals surface area contributed by atoms with Gasteiger partial charge in [0.2, 0.25) is 11.6 Å². The van der Waals surface area contributed by atoms with Crippen LogP contribution in [0.3, 0.4) is 0 Å². The molecule has 5 nitrogen and oxygen atoms in total. The SMILES string of the molecule is C=Cc1c(CNCCO)oc2c1C(=O)C(=O)c1c-2ccc2c(C=C)cccc12. The summed E-state index contributed by atoms with van der Waals surface area (Å²) >= 11 is 0. The van der Waals surface area contributed by atoms with E-state index in [0.717, 1.165) is 10.9 Å². The van der Waals surface area contributed by atoms with Crippen LogP contribution >= 0.6 is 0 Å². The fraction of sp³-hybridized carbons (Fsp3) is 0.130. The molecule has 1 aromatic heterocycles. The minimum Gasteiger partial charge on any atom is -0.458 e. The lowest BCUT2D eigenvalue weighted by Gasteiger charge is -2.17. The topological polar surface area (TPSA) is 79.5 Å². The van der Waals surface area contributed by atoms with E-state index in [1.165, 1.54) is 6.08 Å². The van der Waals surface area contributed by atoms with Gasteiger partial charge in [0, 0.05) is 23.2 Å². The van der Waals surface area contributed by atoms with Crippen LogP contribution in [0.25, 0.3) is 34.2 Å². The molecular weight excluding hydrogens is 354 g/mol. The van der Waals surface area contributed by atoms with Crippen molar-refractivity contribution in [3.05, 3.63) is 71.5 Å². The minimum atomic E-state index is -0.592. The van der Waals surface area contributed by atoms with Crippen LogP contribution in [-0.2, 0) is 6.54 Å². The van der Waals surface area contributed by atoms with Crippen molar-refractivity contribution >= 4 is 34.5 Å². The molecule has 0 saturated heterocycles. The maximum Gasteiger partial charge on any atom is 0.238 e. The summed E-state index contributed by atoms with van der Waals surface area (Å²) in [5.41, 5.74) is 2.63. The van der Waals surface area contributed by atoms with Gasteiger partial charge in [-0.1, -0.05) is 49.6 Å². The molecule has 0 saturated carbocycles. The van der Waals surface area contributed by atoms with Crippen LogP contribution in [0, 0.1) is 0 Å². The zero-order chi connectivity index (χ0) is 19.8. The van der Waals surface area contributed by atoms with E-state index in [4.69, 9.17) is 9.52 Å². The second-order valence-corrected chi connectivity index (χ2v) is 6.54. The van der Waals surface area contributed by atoms with Gasteiger partial charge in [0.05, 0.1) is 18.7 Å². The van der Waals surface area contributed by atoms with E-state index in [1.807, 2.05) is 30.3 Å². The Morgan fingerprint density at radius 2 is 1.79 bits per heavy atom. The van der Waals surface area contributed by atoms with Crippen molar-refractivity contribution in [2.45, 2.75) is 6.54 Å². The van der Waals surface area contributed by atoms with Crippen molar-refractivity contribution in [2.24, 2.45) is 0 Å². The highest BCUT2D eigenvalue weighted by molar-refractivity contribution is 6.55. The summed E-state index contributed by atoms with van der Waals surface area (Å²) in [7, 11) is 0. The third kappa shape index (κ3) is 2.56. The first-order valence-electron chi connectivity index (χ1n) is 8.99. The average Bonchev–Trinajstić information content (AvgIpc) is 3.09. The minimum absolute atomic E-state index is 0.0122. The normalized spacial score (nSPS) is 12.8. The van der Waals surface area contributed by atoms with Gasteiger partial charge < -0.3 is 14.8 Å². The van der Waals surface area contributed by atoms with Crippen LogP contribution in [0.4, 0.5) is 0 Å². The average molecular weight is 373 g/mol. The second kappa shape index (κ2) is 7.03. The fourth-order valence-corrected chi connectivity index (χ4v) is 3.76. The molecule has 140 valence electrons. The lowest BCUT2D eigenvalue weighted by Crippen LogP contribution is -2.21. The Hall–Kier alpha value is -3.28. The van der Waals surface area contributed by atoms with E-state index in [9.17, 15) is 9.59 Å². The smallest absolute Gasteiger partial charge is 0.238 e. The number of aliphatic hydroxyl groups is 1. The number of Topliss-reactive ketones (excluding diaryl/α,β-unsaturated/α-hetero) is 2. The van der Waals surface area contributed by atoms with Gasteiger partial charge in [0.15, 0.2) is 0 Å². The highest BCUT2D eigenvalue weighted by Crippen LogP contribution is 2.42. The van der Waals surface area contributed by atoms with Crippen molar-refractivity contribution < 1.29 is 19.1 Å². The molecule has 0 aliphatic heterocycles. The van der Waals surface area contributed by atoms with Gasteiger partial charge in [-0.3, -0.25) is 9.59 Å². The van der Waals surface area contributed by atoms with Gasteiger partial charge in [-0.15, -0.1) is 0 Å². The molecule has 1 aliphatic rings. The van der Waals surface area contributed by atoms with Gasteiger partial charge in [0.1, 0.15) is 11.5 Å². The highest BCUT2D eigenvalue weighted by atomic mass is 16.3. The summed E-state index contributed by atoms with van der Waals surface area (Å²) in [6.07, 6.45) is 3.26. The number of hydrogen-bond acceptors (Lipinski definition) is 5. The number of ketones is 2. The fourth-order valence-electron chi connectivity index (χ4n) is 3.76. The molecule has 5 heteroatoms. The van der Waals surface area contributed by atoms with E-state index in [1.54, 1.807) is 6.08 Å². The Kier molecular flexibility index (Phi) is 4.55. The molecule has 0 bridgehead atoms. The number of aliphatic hydroxyl groups excluding tert-OH is 1. The summed E-state index contributed by atoms with van der Waals surface area (Å²) in [5, 5.41) is 13.6. The first-order valence-corrected chi connectivity index (χ1v) is 8.99. The summed E-state index contributed by atoms with van der Waals surface area (Å²) in [6, 6.07) is 9.32. The maximum atomic E-state index is 13.0. The summed E-state index contributed by atoms with van der Waals surface area (Å²) in [6.45, 7) is 8.29. The molecule has 0 atom stereocenters. The van der Waals surface area contributed by atoms with Gasteiger partial charge in [-0.25, -0.2) is 0 Å². The summed E-state index contributed by atoms with van der Waals surface area (Å²) in [5.74, 6) is -0.234. The first-order chi connectivity index (χ1) is 13.6. The third-order valence-electron chi connectivity index (χ3n) is 5.02. The molecule has 2 aromatic carbocycles. The van der Waals surface area contributed by atoms with Gasteiger partial charge >= 0.3 is 0 Å². The zero-order valence-electron chi connectivity index (χ0n) is 15.2. The molecule has 4 rings (SSSR count).